The summed E-state index contributed by atoms with van der Waals surface area (Å²) in [6, 6.07) is 7.74. The molecular weight excluding hydrogens is 176 g/mol. The Labute approximate surface area is 85.2 Å². The molecule has 0 aliphatic rings. The van der Waals surface area contributed by atoms with Crippen LogP contribution in [-0.2, 0) is 4.74 Å². The SMILES string of the molecule is C=Cc1ccc(O[C@H](C)OCC)cc1. The minimum atomic E-state index is -0.199. The molecule has 2 nitrogen and oxygen atoms in total. The Morgan fingerprint density at radius 3 is 2.50 bits per heavy atom. The largest absolute Gasteiger partial charge is 0.465 e. The van der Waals surface area contributed by atoms with Crippen LogP contribution in [0.3, 0.4) is 0 Å². The molecule has 0 N–H and O–H groups in total. The highest BCUT2D eigenvalue weighted by Gasteiger charge is 2.01. The van der Waals surface area contributed by atoms with Crippen molar-refractivity contribution >= 4 is 6.08 Å². The van der Waals surface area contributed by atoms with Crippen molar-refractivity contribution in [1.29, 1.82) is 0 Å². The summed E-state index contributed by atoms with van der Waals surface area (Å²) in [6.07, 6.45) is 1.60. The minimum Gasteiger partial charge on any atom is -0.465 e. The van der Waals surface area contributed by atoms with E-state index in [9.17, 15) is 0 Å². The molecule has 0 fully saturated rings. The van der Waals surface area contributed by atoms with Crippen LogP contribution in [0.5, 0.6) is 5.75 Å². The first-order chi connectivity index (χ1) is 6.76. The van der Waals surface area contributed by atoms with Crippen LogP contribution < -0.4 is 4.74 Å². The van der Waals surface area contributed by atoms with E-state index in [1.807, 2.05) is 38.1 Å². The first-order valence-electron chi connectivity index (χ1n) is 4.77. The zero-order valence-electron chi connectivity index (χ0n) is 8.69. The van der Waals surface area contributed by atoms with Crippen LogP contribution in [0, 0.1) is 0 Å². The van der Waals surface area contributed by atoms with Crippen molar-refractivity contribution < 1.29 is 9.47 Å². The average Bonchev–Trinajstić information content (AvgIpc) is 2.19. The predicted octanol–water partition coefficient (Wildman–Crippen LogP) is 3.09. The Bertz CT molecular complexity index is 277. The monoisotopic (exact) mass is 192 g/mol. The molecule has 0 saturated carbocycles. The Morgan fingerprint density at radius 1 is 1.36 bits per heavy atom. The van der Waals surface area contributed by atoms with Crippen molar-refractivity contribution in [3.05, 3.63) is 36.4 Å². The second-order valence-electron chi connectivity index (χ2n) is 2.91. The third-order valence-corrected chi connectivity index (χ3v) is 1.82. The second-order valence-corrected chi connectivity index (χ2v) is 2.91. The summed E-state index contributed by atoms with van der Waals surface area (Å²) in [5, 5.41) is 0. The molecule has 0 bridgehead atoms. The van der Waals surface area contributed by atoms with E-state index in [0.717, 1.165) is 11.3 Å². The van der Waals surface area contributed by atoms with Gasteiger partial charge in [-0.15, -0.1) is 0 Å². The maximum atomic E-state index is 5.50. The van der Waals surface area contributed by atoms with E-state index < -0.39 is 0 Å². The van der Waals surface area contributed by atoms with E-state index in [-0.39, 0.29) is 6.29 Å². The Kier molecular flexibility index (Phi) is 4.20. The van der Waals surface area contributed by atoms with Gasteiger partial charge in [-0.25, -0.2) is 0 Å². The summed E-state index contributed by atoms with van der Waals surface area (Å²) < 4.78 is 10.8. The van der Waals surface area contributed by atoms with Gasteiger partial charge >= 0.3 is 0 Å². The molecule has 1 aromatic rings. The molecule has 14 heavy (non-hydrogen) atoms. The summed E-state index contributed by atoms with van der Waals surface area (Å²) in [4.78, 5) is 0. The van der Waals surface area contributed by atoms with Gasteiger partial charge in [0.25, 0.3) is 0 Å². The smallest absolute Gasteiger partial charge is 0.196 e. The molecule has 0 saturated heterocycles. The van der Waals surface area contributed by atoms with Gasteiger partial charge in [0.1, 0.15) is 5.75 Å². The van der Waals surface area contributed by atoms with Crippen LogP contribution in [-0.4, -0.2) is 12.9 Å². The van der Waals surface area contributed by atoms with Crippen molar-refractivity contribution in [3.8, 4) is 5.75 Å². The summed E-state index contributed by atoms with van der Waals surface area (Å²) in [5.41, 5.74) is 1.08. The van der Waals surface area contributed by atoms with Crippen LogP contribution in [0.1, 0.15) is 19.4 Å². The molecular formula is C12H16O2. The van der Waals surface area contributed by atoms with Crippen molar-refractivity contribution in [3.63, 3.8) is 0 Å². The van der Waals surface area contributed by atoms with Crippen LogP contribution in [0.2, 0.25) is 0 Å². The summed E-state index contributed by atoms with van der Waals surface area (Å²) in [7, 11) is 0. The van der Waals surface area contributed by atoms with Crippen molar-refractivity contribution in [2.24, 2.45) is 0 Å². The van der Waals surface area contributed by atoms with Gasteiger partial charge in [-0.2, -0.15) is 0 Å². The number of hydrogen-bond acceptors (Lipinski definition) is 2. The summed E-state index contributed by atoms with van der Waals surface area (Å²) in [5.74, 6) is 0.816. The van der Waals surface area contributed by atoms with E-state index in [1.54, 1.807) is 6.08 Å². The molecule has 1 aromatic carbocycles. The number of hydrogen-bond donors (Lipinski definition) is 0. The lowest BCUT2D eigenvalue weighted by Gasteiger charge is -2.14. The Hall–Kier alpha value is -1.28. The molecule has 0 aromatic heterocycles. The maximum absolute atomic E-state index is 5.50. The highest BCUT2D eigenvalue weighted by Crippen LogP contribution is 2.14. The highest BCUT2D eigenvalue weighted by molar-refractivity contribution is 5.48. The molecule has 1 rings (SSSR count). The lowest BCUT2D eigenvalue weighted by atomic mass is 10.2. The second kappa shape index (κ2) is 5.45. The van der Waals surface area contributed by atoms with Crippen LogP contribution in [0.15, 0.2) is 30.8 Å². The first-order valence-corrected chi connectivity index (χ1v) is 4.77. The first kappa shape index (κ1) is 10.8. The zero-order chi connectivity index (χ0) is 10.4. The third-order valence-electron chi connectivity index (χ3n) is 1.82. The maximum Gasteiger partial charge on any atom is 0.196 e. The van der Waals surface area contributed by atoms with Gasteiger partial charge in [-0.3, -0.25) is 0 Å². The molecule has 2 heteroatoms. The molecule has 0 radical (unpaired) electrons. The average molecular weight is 192 g/mol. The highest BCUT2D eigenvalue weighted by atomic mass is 16.7. The fourth-order valence-electron chi connectivity index (χ4n) is 1.14. The molecule has 0 aliphatic carbocycles. The van der Waals surface area contributed by atoms with Gasteiger partial charge in [-0.05, 0) is 31.5 Å². The lowest BCUT2D eigenvalue weighted by Crippen LogP contribution is -2.15. The van der Waals surface area contributed by atoms with E-state index in [1.165, 1.54) is 0 Å². The van der Waals surface area contributed by atoms with Gasteiger partial charge < -0.3 is 9.47 Å². The van der Waals surface area contributed by atoms with Crippen molar-refractivity contribution in [2.45, 2.75) is 20.1 Å². The lowest BCUT2D eigenvalue weighted by molar-refractivity contribution is -0.0613. The van der Waals surface area contributed by atoms with Gasteiger partial charge in [0, 0.05) is 6.61 Å². The normalized spacial score (nSPS) is 12.1. The topological polar surface area (TPSA) is 18.5 Å². The fraction of sp³-hybridized carbons (Fsp3) is 0.333. The van der Waals surface area contributed by atoms with Gasteiger partial charge in [0.2, 0.25) is 0 Å². The molecule has 0 amide bonds. The number of rotatable bonds is 5. The van der Waals surface area contributed by atoms with E-state index in [4.69, 9.17) is 9.47 Å². The summed E-state index contributed by atoms with van der Waals surface area (Å²) >= 11 is 0. The van der Waals surface area contributed by atoms with E-state index >= 15 is 0 Å². The Balaban J connectivity index is 2.55. The molecule has 1 atom stereocenters. The standard InChI is InChI=1S/C12H16O2/c1-4-11-6-8-12(9-7-11)14-10(3)13-5-2/h4,6-10H,1,5H2,2-3H3/t10-/m1/s1. The van der Waals surface area contributed by atoms with Crippen LogP contribution in [0.4, 0.5) is 0 Å². The van der Waals surface area contributed by atoms with Crippen molar-refractivity contribution in [1.82, 2.24) is 0 Å². The molecule has 0 spiro atoms. The Morgan fingerprint density at radius 2 is 2.00 bits per heavy atom. The quantitative estimate of drug-likeness (QED) is 0.667. The summed E-state index contributed by atoms with van der Waals surface area (Å²) in [6.45, 7) is 8.17. The van der Waals surface area contributed by atoms with Crippen LogP contribution >= 0.6 is 0 Å². The molecule has 76 valence electrons. The van der Waals surface area contributed by atoms with E-state index in [0.29, 0.717) is 6.61 Å². The zero-order valence-corrected chi connectivity index (χ0v) is 8.69. The minimum absolute atomic E-state index is 0.199. The van der Waals surface area contributed by atoms with Gasteiger partial charge in [0.05, 0.1) is 0 Å². The fourth-order valence-corrected chi connectivity index (χ4v) is 1.14. The van der Waals surface area contributed by atoms with E-state index in [2.05, 4.69) is 6.58 Å². The van der Waals surface area contributed by atoms with Crippen molar-refractivity contribution in [2.75, 3.05) is 6.61 Å². The van der Waals surface area contributed by atoms with Crippen LogP contribution in [0.25, 0.3) is 6.08 Å². The molecule has 0 heterocycles. The number of benzene rings is 1. The molecule has 0 unspecified atom stereocenters. The third kappa shape index (κ3) is 3.23. The number of ether oxygens (including phenoxy) is 2. The molecule has 0 aliphatic heterocycles. The van der Waals surface area contributed by atoms with Gasteiger partial charge in [0.15, 0.2) is 6.29 Å². The van der Waals surface area contributed by atoms with Gasteiger partial charge in [-0.1, -0.05) is 24.8 Å². The predicted molar refractivity (Wildman–Crippen MR) is 58.2 cm³/mol.